The van der Waals surface area contributed by atoms with E-state index in [2.05, 4.69) is 0 Å². The Morgan fingerprint density at radius 2 is 1.81 bits per heavy atom. The molecule has 5 heteroatoms. The molecule has 1 atom stereocenters. The fourth-order valence-corrected chi connectivity index (χ4v) is 0.961. The summed E-state index contributed by atoms with van der Waals surface area (Å²) < 4.78 is 9.72. The molecule has 1 aromatic carbocycles. The average Bonchev–Trinajstić information content (AvgIpc) is 2.28. The van der Waals surface area contributed by atoms with Crippen molar-refractivity contribution in [2.45, 2.75) is 13.0 Å². The van der Waals surface area contributed by atoms with E-state index >= 15 is 0 Å². The summed E-state index contributed by atoms with van der Waals surface area (Å²) in [5.74, 6) is -1.26. The van der Waals surface area contributed by atoms with Crippen molar-refractivity contribution in [3.05, 3.63) is 29.8 Å². The first-order chi connectivity index (χ1) is 7.54. The van der Waals surface area contributed by atoms with Crippen molar-refractivity contribution < 1.29 is 24.2 Å². The second kappa shape index (κ2) is 5.27. The smallest absolute Gasteiger partial charge is 0.340 e. The number of hydrogen-bond acceptors (Lipinski definition) is 4. The third-order valence-electron chi connectivity index (χ3n) is 2.01. The summed E-state index contributed by atoms with van der Waals surface area (Å²) in [4.78, 5) is 21.9. The number of carbonyl (C=O) groups excluding carboxylic acids is 1. The molecule has 0 aliphatic heterocycles. The van der Waals surface area contributed by atoms with E-state index in [1.165, 1.54) is 31.4 Å². The van der Waals surface area contributed by atoms with Gasteiger partial charge in [0.05, 0.1) is 5.56 Å². The number of hydrogen-bond donors (Lipinski definition) is 1. The number of methoxy groups -OCH3 is 1. The standard InChI is InChI=1S/C11H12O5/c1-7(15-2)11(14)16-9-5-3-8(4-6-9)10(12)13/h3-7H,1-2H3,(H,12,13)/t7-/m0/s1. The lowest BCUT2D eigenvalue weighted by atomic mass is 10.2. The Kier molecular flexibility index (Phi) is 4.02. The zero-order valence-corrected chi connectivity index (χ0v) is 8.97. The van der Waals surface area contributed by atoms with Gasteiger partial charge in [-0.3, -0.25) is 0 Å². The van der Waals surface area contributed by atoms with E-state index in [9.17, 15) is 9.59 Å². The van der Waals surface area contributed by atoms with Crippen LogP contribution >= 0.6 is 0 Å². The van der Waals surface area contributed by atoms with Gasteiger partial charge in [-0.15, -0.1) is 0 Å². The van der Waals surface area contributed by atoms with Crippen LogP contribution in [0.3, 0.4) is 0 Å². The van der Waals surface area contributed by atoms with Gasteiger partial charge in [-0.25, -0.2) is 9.59 Å². The van der Waals surface area contributed by atoms with Gasteiger partial charge in [0.2, 0.25) is 0 Å². The van der Waals surface area contributed by atoms with E-state index in [-0.39, 0.29) is 5.56 Å². The van der Waals surface area contributed by atoms with Gasteiger partial charge in [0.15, 0.2) is 6.10 Å². The van der Waals surface area contributed by atoms with Gasteiger partial charge in [0.25, 0.3) is 0 Å². The lowest BCUT2D eigenvalue weighted by molar-refractivity contribution is -0.144. The van der Waals surface area contributed by atoms with Crippen molar-refractivity contribution >= 4 is 11.9 Å². The maximum absolute atomic E-state index is 11.3. The Balaban J connectivity index is 2.69. The number of carbonyl (C=O) groups is 2. The normalized spacial score (nSPS) is 11.9. The van der Waals surface area contributed by atoms with E-state index in [1.54, 1.807) is 6.92 Å². The Morgan fingerprint density at radius 1 is 1.25 bits per heavy atom. The molecule has 0 aliphatic carbocycles. The molecule has 0 saturated heterocycles. The molecule has 1 N–H and O–H groups in total. The second-order valence-electron chi connectivity index (χ2n) is 3.13. The summed E-state index contributed by atoms with van der Waals surface area (Å²) in [5, 5.41) is 8.66. The van der Waals surface area contributed by atoms with Crippen molar-refractivity contribution in [1.82, 2.24) is 0 Å². The maximum Gasteiger partial charge on any atom is 0.340 e. The lowest BCUT2D eigenvalue weighted by Gasteiger charge is -2.09. The third-order valence-corrected chi connectivity index (χ3v) is 2.01. The topological polar surface area (TPSA) is 72.8 Å². The summed E-state index contributed by atoms with van der Waals surface area (Å²) in [7, 11) is 1.40. The van der Waals surface area contributed by atoms with Crippen LogP contribution in [-0.2, 0) is 9.53 Å². The summed E-state index contributed by atoms with van der Waals surface area (Å²) in [6.07, 6.45) is -0.654. The number of aromatic carboxylic acids is 1. The van der Waals surface area contributed by atoms with Crippen molar-refractivity contribution in [2.24, 2.45) is 0 Å². The van der Waals surface area contributed by atoms with Gasteiger partial charge < -0.3 is 14.6 Å². The highest BCUT2D eigenvalue weighted by molar-refractivity contribution is 5.87. The molecule has 0 fully saturated rings. The Hall–Kier alpha value is -1.88. The van der Waals surface area contributed by atoms with E-state index in [0.717, 1.165) is 0 Å². The molecule has 86 valence electrons. The molecule has 1 rings (SSSR count). The molecule has 0 saturated carbocycles. The number of benzene rings is 1. The molecule has 0 unspecified atom stereocenters. The quantitative estimate of drug-likeness (QED) is 0.616. The summed E-state index contributed by atoms with van der Waals surface area (Å²) in [5.41, 5.74) is 0.139. The van der Waals surface area contributed by atoms with Gasteiger partial charge in [0.1, 0.15) is 5.75 Å². The van der Waals surface area contributed by atoms with Crippen LogP contribution in [0.2, 0.25) is 0 Å². The summed E-state index contributed by atoms with van der Waals surface area (Å²) in [6.45, 7) is 1.56. The van der Waals surface area contributed by atoms with Crippen LogP contribution in [0, 0.1) is 0 Å². The van der Waals surface area contributed by atoms with Crippen LogP contribution < -0.4 is 4.74 Å². The van der Waals surface area contributed by atoms with E-state index in [4.69, 9.17) is 14.6 Å². The minimum atomic E-state index is -1.02. The molecule has 0 amide bonds. The van der Waals surface area contributed by atoms with Crippen molar-refractivity contribution in [3.8, 4) is 5.75 Å². The number of ether oxygens (including phenoxy) is 2. The zero-order valence-electron chi connectivity index (χ0n) is 8.97. The molecule has 0 heterocycles. The maximum atomic E-state index is 11.3. The number of rotatable bonds is 4. The monoisotopic (exact) mass is 224 g/mol. The molecule has 0 spiro atoms. The van der Waals surface area contributed by atoms with Crippen molar-refractivity contribution in [1.29, 1.82) is 0 Å². The van der Waals surface area contributed by atoms with Crippen LogP contribution in [-0.4, -0.2) is 30.3 Å². The van der Waals surface area contributed by atoms with Gasteiger partial charge >= 0.3 is 11.9 Å². The third kappa shape index (κ3) is 3.06. The van der Waals surface area contributed by atoms with Gasteiger partial charge in [-0.05, 0) is 31.2 Å². The minimum absolute atomic E-state index is 0.139. The molecule has 16 heavy (non-hydrogen) atoms. The number of carboxylic acid groups (broad SMARTS) is 1. The Bertz CT molecular complexity index is 382. The van der Waals surface area contributed by atoms with Gasteiger partial charge in [-0.1, -0.05) is 0 Å². The number of carboxylic acids is 1. The van der Waals surface area contributed by atoms with Crippen molar-refractivity contribution in [3.63, 3.8) is 0 Å². The fourth-order valence-electron chi connectivity index (χ4n) is 0.961. The van der Waals surface area contributed by atoms with E-state index < -0.39 is 18.0 Å². The predicted octanol–water partition coefficient (Wildman–Crippen LogP) is 1.33. The SMILES string of the molecule is CO[C@@H](C)C(=O)Oc1ccc(C(=O)O)cc1. The summed E-state index contributed by atoms with van der Waals surface area (Å²) in [6, 6.07) is 5.57. The molecule has 1 aromatic rings. The lowest BCUT2D eigenvalue weighted by Crippen LogP contribution is -2.24. The van der Waals surface area contributed by atoms with Gasteiger partial charge in [0, 0.05) is 7.11 Å². The highest BCUT2D eigenvalue weighted by Gasteiger charge is 2.14. The van der Waals surface area contributed by atoms with Crippen LogP contribution in [0.15, 0.2) is 24.3 Å². The first kappa shape index (κ1) is 12.2. The van der Waals surface area contributed by atoms with Crippen LogP contribution in [0.1, 0.15) is 17.3 Å². The highest BCUT2D eigenvalue weighted by Crippen LogP contribution is 2.13. The molecule has 0 radical (unpaired) electrons. The van der Waals surface area contributed by atoms with Crippen molar-refractivity contribution in [2.75, 3.05) is 7.11 Å². The van der Waals surface area contributed by atoms with Crippen LogP contribution in [0.4, 0.5) is 0 Å². The molecular formula is C11H12O5. The fraction of sp³-hybridized carbons (Fsp3) is 0.273. The van der Waals surface area contributed by atoms with E-state index in [1.807, 2.05) is 0 Å². The summed E-state index contributed by atoms with van der Waals surface area (Å²) >= 11 is 0. The molecule has 0 aromatic heterocycles. The van der Waals surface area contributed by atoms with Gasteiger partial charge in [-0.2, -0.15) is 0 Å². The molecular weight excluding hydrogens is 212 g/mol. The van der Waals surface area contributed by atoms with Crippen LogP contribution in [0.5, 0.6) is 5.75 Å². The molecule has 5 nitrogen and oxygen atoms in total. The average molecular weight is 224 g/mol. The molecule has 0 bridgehead atoms. The second-order valence-corrected chi connectivity index (χ2v) is 3.13. The largest absolute Gasteiger partial charge is 0.478 e. The molecule has 0 aliphatic rings. The number of esters is 1. The first-order valence-electron chi connectivity index (χ1n) is 4.62. The Labute approximate surface area is 92.6 Å². The van der Waals surface area contributed by atoms with Crippen LogP contribution in [0.25, 0.3) is 0 Å². The van der Waals surface area contributed by atoms with E-state index in [0.29, 0.717) is 5.75 Å². The Morgan fingerprint density at radius 3 is 2.25 bits per heavy atom. The minimum Gasteiger partial charge on any atom is -0.478 e. The predicted molar refractivity (Wildman–Crippen MR) is 55.5 cm³/mol. The first-order valence-corrected chi connectivity index (χ1v) is 4.62. The zero-order chi connectivity index (χ0) is 12.1. The highest BCUT2D eigenvalue weighted by atomic mass is 16.6.